The molecule has 140 valence electrons. The summed E-state index contributed by atoms with van der Waals surface area (Å²) in [4.78, 5) is 18.8. The zero-order valence-electron chi connectivity index (χ0n) is 15.1. The van der Waals surface area contributed by atoms with Gasteiger partial charge >= 0.3 is 0 Å². The Kier molecular flexibility index (Phi) is 5.22. The van der Waals surface area contributed by atoms with E-state index in [-0.39, 0.29) is 12.0 Å². The van der Waals surface area contributed by atoms with Crippen LogP contribution in [-0.2, 0) is 11.3 Å². The SMILES string of the molecule is CN(CC(=O)NC[C@H]1COc2ccccc2O1)Cc1nc2ccccc2s1. The zero-order valence-corrected chi connectivity index (χ0v) is 15.9. The van der Waals surface area contributed by atoms with Crippen LogP contribution in [0.15, 0.2) is 48.5 Å². The van der Waals surface area contributed by atoms with E-state index in [0.717, 1.165) is 22.0 Å². The first kappa shape index (κ1) is 17.8. The number of thiazole rings is 1. The second kappa shape index (κ2) is 7.94. The van der Waals surface area contributed by atoms with Crippen LogP contribution in [0.2, 0.25) is 0 Å². The first-order chi connectivity index (χ1) is 13.2. The van der Waals surface area contributed by atoms with Crippen molar-refractivity contribution >= 4 is 27.5 Å². The molecule has 1 N–H and O–H groups in total. The van der Waals surface area contributed by atoms with Crippen molar-refractivity contribution in [3.05, 3.63) is 53.5 Å². The first-order valence-electron chi connectivity index (χ1n) is 8.85. The van der Waals surface area contributed by atoms with E-state index in [1.807, 2.05) is 54.4 Å². The molecule has 2 aromatic carbocycles. The van der Waals surface area contributed by atoms with E-state index in [1.165, 1.54) is 4.70 Å². The van der Waals surface area contributed by atoms with Gasteiger partial charge in [0.25, 0.3) is 0 Å². The van der Waals surface area contributed by atoms with E-state index < -0.39 is 0 Å². The molecule has 2 heterocycles. The Morgan fingerprint density at radius 2 is 2.00 bits per heavy atom. The van der Waals surface area contributed by atoms with Gasteiger partial charge < -0.3 is 14.8 Å². The third kappa shape index (κ3) is 4.37. The van der Waals surface area contributed by atoms with Crippen molar-refractivity contribution < 1.29 is 14.3 Å². The molecule has 3 aromatic rings. The molecule has 7 heteroatoms. The van der Waals surface area contributed by atoms with Crippen LogP contribution in [0, 0.1) is 0 Å². The van der Waals surface area contributed by atoms with E-state index in [4.69, 9.17) is 9.47 Å². The van der Waals surface area contributed by atoms with Crippen molar-refractivity contribution in [2.75, 3.05) is 26.7 Å². The van der Waals surface area contributed by atoms with Gasteiger partial charge in [-0.2, -0.15) is 0 Å². The molecule has 27 heavy (non-hydrogen) atoms. The van der Waals surface area contributed by atoms with Crippen molar-refractivity contribution in [3.8, 4) is 11.5 Å². The van der Waals surface area contributed by atoms with E-state index >= 15 is 0 Å². The average molecular weight is 383 g/mol. The predicted octanol–water partition coefficient (Wildman–Crippen LogP) is 2.68. The van der Waals surface area contributed by atoms with Gasteiger partial charge in [0.05, 0.1) is 29.9 Å². The number of nitrogens with one attached hydrogen (secondary N) is 1. The smallest absolute Gasteiger partial charge is 0.234 e. The summed E-state index contributed by atoms with van der Waals surface area (Å²) in [6, 6.07) is 15.6. The lowest BCUT2D eigenvalue weighted by atomic mass is 10.2. The van der Waals surface area contributed by atoms with Crippen molar-refractivity contribution in [2.24, 2.45) is 0 Å². The van der Waals surface area contributed by atoms with Gasteiger partial charge in [-0.25, -0.2) is 4.98 Å². The highest BCUT2D eigenvalue weighted by molar-refractivity contribution is 7.18. The maximum absolute atomic E-state index is 12.2. The molecule has 1 atom stereocenters. The maximum Gasteiger partial charge on any atom is 0.234 e. The lowest BCUT2D eigenvalue weighted by Gasteiger charge is -2.26. The van der Waals surface area contributed by atoms with Crippen LogP contribution in [0.5, 0.6) is 11.5 Å². The number of aromatic nitrogens is 1. The lowest BCUT2D eigenvalue weighted by Crippen LogP contribution is -2.43. The predicted molar refractivity (Wildman–Crippen MR) is 105 cm³/mol. The molecule has 0 unspecified atom stereocenters. The summed E-state index contributed by atoms with van der Waals surface area (Å²) in [6.45, 7) is 1.80. The number of hydrogen-bond acceptors (Lipinski definition) is 6. The fourth-order valence-corrected chi connectivity index (χ4v) is 4.01. The maximum atomic E-state index is 12.2. The molecule has 0 aliphatic carbocycles. The van der Waals surface area contributed by atoms with Crippen molar-refractivity contribution in [2.45, 2.75) is 12.6 Å². The highest BCUT2D eigenvalue weighted by atomic mass is 32.1. The number of para-hydroxylation sites is 3. The van der Waals surface area contributed by atoms with E-state index in [9.17, 15) is 4.79 Å². The monoisotopic (exact) mass is 383 g/mol. The van der Waals surface area contributed by atoms with E-state index in [2.05, 4.69) is 16.4 Å². The Morgan fingerprint density at radius 1 is 1.22 bits per heavy atom. The summed E-state index contributed by atoms with van der Waals surface area (Å²) < 4.78 is 12.7. The number of carbonyl (C=O) groups excluding carboxylic acids is 1. The fraction of sp³-hybridized carbons (Fsp3) is 0.300. The van der Waals surface area contributed by atoms with Crippen molar-refractivity contribution in [1.29, 1.82) is 0 Å². The molecule has 0 fully saturated rings. The number of amides is 1. The number of rotatable bonds is 6. The molecule has 0 spiro atoms. The van der Waals surface area contributed by atoms with Crippen LogP contribution < -0.4 is 14.8 Å². The molecule has 1 aromatic heterocycles. The van der Waals surface area contributed by atoms with Crippen molar-refractivity contribution in [3.63, 3.8) is 0 Å². The van der Waals surface area contributed by atoms with Crippen LogP contribution in [0.3, 0.4) is 0 Å². The fourth-order valence-electron chi connectivity index (χ4n) is 2.97. The quantitative estimate of drug-likeness (QED) is 0.709. The minimum atomic E-state index is -0.182. The van der Waals surface area contributed by atoms with Gasteiger partial charge in [-0.3, -0.25) is 9.69 Å². The number of hydrogen-bond donors (Lipinski definition) is 1. The van der Waals surface area contributed by atoms with Gasteiger partial charge in [-0.05, 0) is 31.3 Å². The van der Waals surface area contributed by atoms with Gasteiger partial charge in [0.1, 0.15) is 17.7 Å². The number of fused-ring (bicyclic) bond motifs is 2. The average Bonchev–Trinajstić information content (AvgIpc) is 3.08. The first-order valence-corrected chi connectivity index (χ1v) is 9.67. The molecule has 1 aliphatic rings. The summed E-state index contributed by atoms with van der Waals surface area (Å²) in [6.07, 6.45) is -0.182. The third-order valence-electron chi connectivity index (χ3n) is 4.25. The number of carbonyl (C=O) groups is 1. The molecule has 0 radical (unpaired) electrons. The Hall–Kier alpha value is -2.64. The van der Waals surface area contributed by atoms with E-state index in [0.29, 0.717) is 26.2 Å². The molecule has 6 nitrogen and oxygen atoms in total. The number of nitrogens with zero attached hydrogens (tertiary/aromatic N) is 2. The molecular weight excluding hydrogens is 362 g/mol. The number of likely N-dealkylation sites (N-methyl/N-ethyl adjacent to an activating group) is 1. The zero-order chi connectivity index (χ0) is 18.6. The lowest BCUT2D eigenvalue weighted by molar-refractivity contribution is -0.122. The summed E-state index contributed by atoms with van der Waals surface area (Å²) >= 11 is 1.66. The molecule has 0 saturated carbocycles. The van der Waals surface area contributed by atoms with Gasteiger partial charge in [0, 0.05) is 0 Å². The minimum absolute atomic E-state index is 0.0407. The highest BCUT2D eigenvalue weighted by Crippen LogP contribution is 2.30. The number of benzene rings is 2. The van der Waals surface area contributed by atoms with Crippen LogP contribution in [-0.4, -0.2) is 48.6 Å². The van der Waals surface area contributed by atoms with Crippen LogP contribution >= 0.6 is 11.3 Å². The molecule has 1 amide bonds. The normalized spacial score (nSPS) is 15.9. The highest BCUT2D eigenvalue weighted by Gasteiger charge is 2.21. The summed E-state index contributed by atoms with van der Waals surface area (Å²) in [5.41, 5.74) is 1.00. The summed E-state index contributed by atoms with van der Waals surface area (Å²) in [5, 5.41) is 3.93. The Balaban J connectivity index is 1.24. The second-order valence-electron chi connectivity index (χ2n) is 6.55. The number of ether oxygens (including phenoxy) is 2. The Bertz CT molecular complexity index is 910. The Labute approximate surface area is 161 Å². The Morgan fingerprint density at radius 3 is 2.85 bits per heavy atom. The van der Waals surface area contributed by atoms with Crippen LogP contribution in [0.25, 0.3) is 10.2 Å². The van der Waals surface area contributed by atoms with Crippen molar-refractivity contribution in [1.82, 2.24) is 15.2 Å². The minimum Gasteiger partial charge on any atom is -0.486 e. The van der Waals surface area contributed by atoms with Crippen LogP contribution in [0.1, 0.15) is 5.01 Å². The molecule has 1 aliphatic heterocycles. The van der Waals surface area contributed by atoms with Gasteiger partial charge in [-0.1, -0.05) is 24.3 Å². The largest absolute Gasteiger partial charge is 0.486 e. The van der Waals surface area contributed by atoms with Crippen LogP contribution in [0.4, 0.5) is 0 Å². The molecule has 0 saturated heterocycles. The summed E-state index contributed by atoms with van der Waals surface area (Å²) in [7, 11) is 1.92. The summed E-state index contributed by atoms with van der Waals surface area (Å²) in [5.74, 6) is 1.42. The van der Waals surface area contributed by atoms with Gasteiger partial charge in [0.2, 0.25) is 5.91 Å². The second-order valence-corrected chi connectivity index (χ2v) is 7.66. The van der Waals surface area contributed by atoms with E-state index in [1.54, 1.807) is 11.3 Å². The van der Waals surface area contributed by atoms with Gasteiger partial charge in [-0.15, -0.1) is 11.3 Å². The topological polar surface area (TPSA) is 63.7 Å². The molecule has 0 bridgehead atoms. The third-order valence-corrected chi connectivity index (χ3v) is 5.27. The standard InChI is InChI=1S/C20H21N3O3S/c1-23(12-20-22-15-6-2-5-9-18(15)27-20)11-19(24)21-10-14-13-25-16-7-3-4-8-17(16)26-14/h2-9,14H,10-13H2,1H3,(H,21,24)/t14-/m0/s1. The molecule has 4 rings (SSSR count). The van der Waals surface area contributed by atoms with Gasteiger partial charge in [0.15, 0.2) is 11.5 Å². The molecular formula is C20H21N3O3S.